The van der Waals surface area contributed by atoms with Crippen LogP contribution in [0.5, 0.6) is 11.5 Å². The normalized spacial score (nSPS) is 17.0. The summed E-state index contributed by atoms with van der Waals surface area (Å²) in [5, 5.41) is 0. The molecule has 4 aromatic rings. The molecule has 0 saturated carbocycles. The second-order valence-electron chi connectivity index (χ2n) is 11.2. The summed E-state index contributed by atoms with van der Waals surface area (Å²) in [5.41, 5.74) is -3.17. The predicted molar refractivity (Wildman–Crippen MR) is 157 cm³/mol. The van der Waals surface area contributed by atoms with Gasteiger partial charge in [0.1, 0.15) is 29.0 Å². The van der Waals surface area contributed by atoms with Gasteiger partial charge in [-0.05, 0) is 47.9 Å². The van der Waals surface area contributed by atoms with Gasteiger partial charge in [0.25, 0.3) is 0 Å². The number of hydrogen-bond donors (Lipinski definition) is 0. The zero-order valence-electron chi connectivity index (χ0n) is 25.7. The molecule has 1 fully saturated rings. The van der Waals surface area contributed by atoms with E-state index in [9.17, 15) is 30.7 Å². The van der Waals surface area contributed by atoms with Gasteiger partial charge in [-0.3, -0.25) is 0 Å². The Labute approximate surface area is 277 Å². The van der Waals surface area contributed by atoms with E-state index in [1.807, 2.05) is 6.92 Å². The Hall–Kier alpha value is -4.63. The number of ether oxygens (including phenoxy) is 4. The van der Waals surface area contributed by atoms with Gasteiger partial charge in [-0.25, -0.2) is 26.3 Å². The average Bonchev–Trinajstić information content (AvgIpc) is 3.01. The van der Waals surface area contributed by atoms with Crippen molar-refractivity contribution < 1.29 is 67.2 Å². The minimum Gasteiger partial charge on any atom is -0.459 e. The lowest BCUT2D eigenvalue weighted by molar-refractivity contribution is -0.206. The van der Waals surface area contributed by atoms with Gasteiger partial charge in [0.2, 0.25) is 0 Å². The Morgan fingerprint density at radius 2 is 1.34 bits per heavy atom. The van der Waals surface area contributed by atoms with E-state index in [1.54, 1.807) is 0 Å². The van der Waals surface area contributed by atoms with Crippen molar-refractivity contribution in [1.29, 1.82) is 0 Å². The number of allylic oxidation sites excluding steroid dienone is 1. The van der Waals surface area contributed by atoms with Crippen LogP contribution in [0.15, 0.2) is 73.0 Å². The first-order valence-corrected chi connectivity index (χ1v) is 14.9. The molecule has 0 aliphatic carbocycles. The van der Waals surface area contributed by atoms with Gasteiger partial charge in [0.15, 0.2) is 23.7 Å². The summed E-state index contributed by atoms with van der Waals surface area (Å²) < 4.78 is 176. The molecular weight excluding hydrogens is 693 g/mol. The summed E-state index contributed by atoms with van der Waals surface area (Å²) in [6.45, 7) is 2.88. The van der Waals surface area contributed by atoms with Gasteiger partial charge in [0, 0.05) is 29.2 Å². The molecule has 1 heterocycles. The summed E-state index contributed by atoms with van der Waals surface area (Å²) in [4.78, 5) is 0. The summed E-state index contributed by atoms with van der Waals surface area (Å²) in [6.07, 6.45) is -8.86. The monoisotopic (exact) mass is 718 g/mol. The lowest BCUT2D eigenvalue weighted by Gasteiger charge is -2.29. The van der Waals surface area contributed by atoms with Gasteiger partial charge in [-0.2, -0.15) is 22.0 Å². The SMILES string of the molecule is CCCC1COC(c2ccc(-c3ccc(C(F)(F)Oc4cc(F)c(-c5cc(F)c(OC=CC(F)(F)F)c(F)c5)c(F)c4)c(F)c3)c(F)c2)OC1. The van der Waals surface area contributed by atoms with Crippen LogP contribution in [0, 0.1) is 40.8 Å². The first-order chi connectivity index (χ1) is 23.6. The van der Waals surface area contributed by atoms with Crippen LogP contribution in [-0.4, -0.2) is 19.4 Å². The fourth-order valence-electron chi connectivity index (χ4n) is 5.22. The molecule has 4 nitrogen and oxygen atoms in total. The quantitative estimate of drug-likeness (QED) is 0.121. The van der Waals surface area contributed by atoms with Crippen LogP contribution in [0.2, 0.25) is 0 Å². The van der Waals surface area contributed by atoms with Crippen molar-refractivity contribution in [3.8, 4) is 33.8 Å². The van der Waals surface area contributed by atoms with E-state index in [2.05, 4.69) is 9.47 Å². The first kappa shape index (κ1) is 36.6. The zero-order valence-corrected chi connectivity index (χ0v) is 25.7. The first-order valence-electron chi connectivity index (χ1n) is 14.9. The molecule has 50 heavy (non-hydrogen) atoms. The van der Waals surface area contributed by atoms with Crippen LogP contribution < -0.4 is 9.47 Å². The largest absolute Gasteiger partial charge is 0.459 e. The Kier molecular flexibility index (Phi) is 10.8. The molecule has 0 bridgehead atoms. The van der Waals surface area contributed by atoms with Gasteiger partial charge in [-0.15, -0.1) is 0 Å². The Morgan fingerprint density at radius 3 is 1.90 bits per heavy atom. The number of halogens is 11. The van der Waals surface area contributed by atoms with Crippen molar-refractivity contribution in [3.05, 3.63) is 119 Å². The third-order valence-corrected chi connectivity index (χ3v) is 7.51. The summed E-state index contributed by atoms with van der Waals surface area (Å²) in [5.74, 6) is -11.2. The second kappa shape index (κ2) is 14.7. The van der Waals surface area contributed by atoms with Crippen LogP contribution in [0.1, 0.15) is 37.2 Å². The average molecular weight is 719 g/mol. The summed E-state index contributed by atoms with van der Waals surface area (Å²) >= 11 is 0. The van der Waals surface area contributed by atoms with Crippen LogP contribution in [-0.2, 0) is 15.6 Å². The second-order valence-corrected chi connectivity index (χ2v) is 11.2. The van der Waals surface area contributed by atoms with Gasteiger partial charge in [-0.1, -0.05) is 31.5 Å². The van der Waals surface area contributed by atoms with Crippen molar-refractivity contribution in [3.63, 3.8) is 0 Å². The standard InChI is InChI=1S/C35H25F11O4/c1-2-3-18-16-48-33(49-17-18)20-4-6-23(25(36)11-20)19-5-7-24(26(37)10-19)35(45,46)50-22-14-27(38)31(28(39)15-22)21-12-29(40)32(30(41)13-21)47-9-8-34(42,43)44/h4-15,18,33H,2-3,16-17H2,1H3. The molecule has 1 aliphatic heterocycles. The van der Waals surface area contributed by atoms with Crippen LogP contribution >= 0.6 is 0 Å². The molecular formula is C35H25F11O4. The van der Waals surface area contributed by atoms with Crippen LogP contribution in [0.25, 0.3) is 22.3 Å². The van der Waals surface area contributed by atoms with E-state index in [1.165, 1.54) is 12.1 Å². The number of alkyl halides is 5. The molecule has 0 amide bonds. The van der Waals surface area contributed by atoms with E-state index in [-0.39, 0.29) is 35.4 Å². The molecule has 266 valence electrons. The third-order valence-electron chi connectivity index (χ3n) is 7.51. The molecule has 0 unspecified atom stereocenters. The number of benzene rings is 4. The minimum absolute atomic E-state index is 0.0499. The maximum absolute atomic E-state index is 15.1. The highest BCUT2D eigenvalue weighted by Gasteiger charge is 2.38. The van der Waals surface area contributed by atoms with Crippen molar-refractivity contribution in [2.45, 2.75) is 38.3 Å². The molecule has 1 saturated heterocycles. The molecule has 0 N–H and O–H groups in total. The van der Waals surface area contributed by atoms with E-state index >= 15 is 17.6 Å². The van der Waals surface area contributed by atoms with Crippen molar-refractivity contribution >= 4 is 0 Å². The third kappa shape index (κ3) is 8.38. The fraction of sp³-hybridized carbons (Fsp3) is 0.257. The molecule has 4 aromatic carbocycles. The molecule has 0 spiro atoms. The maximum atomic E-state index is 15.1. The summed E-state index contributed by atoms with van der Waals surface area (Å²) in [6, 6.07) is 7.26. The van der Waals surface area contributed by atoms with E-state index < -0.39 is 87.7 Å². The van der Waals surface area contributed by atoms with Crippen molar-refractivity contribution in [2.75, 3.05) is 13.2 Å². The Balaban J connectivity index is 1.32. The van der Waals surface area contributed by atoms with E-state index in [0.717, 1.165) is 25.0 Å². The lowest BCUT2D eigenvalue weighted by atomic mass is 10.00. The van der Waals surface area contributed by atoms with Crippen LogP contribution in [0.4, 0.5) is 48.3 Å². The van der Waals surface area contributed by atoms with Gasteiger partial charge in [0.05, 0.1) is 36.7 Å². The molecule has 1 aliphatic rings. The predicted octanol–water partition coefficient (Wildman–Crippen LogP) is 10.9. The highest BCUT2D eigenvalue weighted by Crippen LogP contribution is 2.39. The van der Waals surface area contributed by atoms with E-state index in [0.29, 0.717) is 43.0 Å². The smallest absolute Gasteiger partial charge is 0.429 e. The number of hydrogen-bond acceptors (Lipinski definition) is 4. The minimum atomic E-state index is -4.86. The molecule has 0 atom stereocenters. The topological polar surface area (TPSA) is 36.9 Å². The Bertz CT molecular complexity index is 1840. The molecule has 15 heteroatoms. The lowest BCUT2D eigenvalue weighted by Crippen LogP contribution is -2.27. The zero-order chi connectivity index (χ0) is 36.4. The van der Waals surface area contributed by atoms with Gasteiger partial charge < -0.3 is 18.9 Å². The van der Waals surface area contributed by atoms with E-state index in [4.69, 9.17) is 9.47 Å². The van der Waals surface area contributed by atoms with Crippen molar-refractivity contribution in [1.82, 2.24) is 0 Å². The highest BCUT2D eigenvalue weighted by molar-refractivity contribution is 5.67. The van der Waals surface area contributed by atoms with Crippen LogP contribution in [0.3, 0.4) is 0 Å². The molecule has 0 aromatic heterocycles. The fourth-order valence-corrected chi connectivity index (χ4v) is 5.22. The Morgan fingerprint density at radius 1 is 0.720 bits per heavy atom. The highest BCUT2D eigenvalue weighted by atomic mass is 19.4. The van der Waals surface area contributed by atoms with Gasteiger partial charge >= 0.3 is 12.3 Å². The number of rotatable bonds is 10. The van der Waals surface area contributed by atoms with Crippen molar-refractivity contribution in [2.24, 2.45) is 5.92 Å². The molecule has 5 rings (SSSR count). The molecule has 0 radical (unpaired) electrons. The maximum Gasteiger partial charge on any atom is 0.429 e. The summed E-state index contributed by atoms with van der Waals surface area (Å²) in [7, 11) is 0.